The summed E-state index contributed by atoms with van der Waals surface area (Å²) >= 11 is 0. The second-order valence-corrected chi connectivity index (χ2v) is 5.08. The van der Waals surface area contributed by atoms with Gasteiger partial charge in [-0.1, -0.05) is 39.5 Å². The highest BCUT2D eigenvalue weighted by Gasteiger charge is 2.24. The lowest BCUT2D eigenvalue weighted by molar-refractivity contribution is 0.0879. The van der Waals surface area contributed by atoms with Crippen molar-refractivity contribution >= 4 is 0 Å². The minimum absolute atomic E-state index is 0.312. The van der Waals surface area contributed by atoms with Gasteiger partial charge in [0, 0.05) is 18.6 Å². The zero-order valence-corrected chi connectivity index (χ0v) is 11.1. The second-order valence-electron chi connectivity index (χ2n) is 5.08. The van der Waals surface area contributed by atoms with Gasteiger partial charge in [-0.05, 0) is 25.7 Å². The summed E-state index contributed by atoms with van der Waals surface area (Å²) in [5.74, 6) is 0. The molecule has 0 heterocycles. The van der Waals surface area contributed by atoms with Gasteiger partial charge >= 0.3 is 0 Å². The summed E-state index contributed by atoms with van der Waals surface area (Å²) in [6.07, 6.45) is 10.7. The van der Waals surface area contributed by atoms with Gasteiger partial charge in [-0.3, -0.25) is 4.90 Å². The second kappa shape index (κ2) is 8.08. The van der Waals surface area contributed by atoms with Crippen LogP contribution in [0.1, 0.15) is 65.2 Å². The molecule has 1 N–H and O–H groups in total. The van der Waals surface area contributed by atoms with Crippen molar-refractivity contribution in [1.82, 2.24) is 4.90 Å². The van der Waals surface area contributed by atoms with Gasteiger partial charge in [0.2, 0.25) is 0 Å². The summed E-state index contributed by atoms with van der Waals surface area (Å²) in [4.78, 5) is 2.59. The molecule has 2 heteroatoms. The molecule has 0 aromatic carbocycles. The van der Waals surface area contributed by atoms with Crippen LogP contribution in [0.3, 0.4) is 0 Å². The molecule has 1 aliphatic carbocycles. The van der Waals surface area contributed by atoms with Crippen LogP contribution >= 0.6 is 0 Å². The van der Waals surface area contributed by atoms with E-state index in [4.69, 9.17) is 0 Å². The van der Waals surface area contributed by atoms with E-state index in [1.165, 1.54) is 51.4 Å². The van der Waals surface area contributed by atoms with Gasteiger partial charge in [0.05, 0.1) is 6.61 Å². The van der Waals surface area contributed by atoms with E-state index in [-0.39, 0.29) is 0 Å². The van der Waals surface area contributed by atoms with E-state index in [0.29, 0.717) is 12.6 Å². The third-order valence-corrected chi connectivity index (χ3v) is 4.06. The predicted octanol–water partition coefficient (Wildman–Crippen LogP) is 3.19. The SMILES string of the molecule is CCC(CC)N(CCO)C1CCCCCC1. The van der Waals surface area contributed by atoms with Gasteiger partial charge in [0.1, 0.15) is 0 Å². The first-order valence-corrected chi connectivity index (χ1v) is 7.20. The lowest BCUT2D eigenvalue weighted by atomic mass is 10.0. The Bertz CT molecular complexity index is 160. The number of aliphatic hydroxyl groups is 1. The number of rotatable bonds is 6. The van der Waals surface area contributed by atoms with E-state index >= 15 is 0 Å². The highest BCUT2D eigenvalue weighted by molar-refractivity contribution is 4.79. The van der Waals surface area contributed by atoms with Crippen molar-refractivity contribution in [2.24, 2.45) is 0 Å². The zero-order valence-electron chi connectivity index (χ0n) is 11.1. The highest BCUT2D eigenvalue weighted by Crippen LogP contribution is 2.25. The Hall–Kier alpha value is -0.0800. The molecular weight excluding hydrogens is 198 g/mol. The molecule has 0 aromatic heterocycles. The van der Waals surface area contributed by atoms with Crippen molar-refractivity contribution in [2.45, 2.75) is 77.3 Å². The van der Waals surface area contributed by atoms with Crippen LogP contribution in [0, 0.1) is 0 Å². The van der Waals surface area contributed by atoms with Crippen LogP contribution in [0.5, 0.6) is 0 Å². The fourth-order valence-corrected chi connectivity index (χ4v) is 3.13. The van der Waals surface area contributed by atoms with Crippen LogP contribution in [-0.4, -0.2) is 35.2 Å². The van der Waals surface area contributed by atoms with E-state index in [9.17, 15) is 5.11 Å². The van der Waals surface area contributed by atoms with Crippen LogP contribution in [-0.2, 0) is 0 Å². The van der Waals surface area contributed by atoms with E-state index in [0.717, 1.165) is 12.6 Å². The number of hydrogen-bond donors (Lipinski definition) is 1. The molecular formula is C14H29NO. The standard InChI is InChI=1S/C14H29NO/c1-3-13(4-2)15(11-12-16)14-9-7-5-6-8-10-14/h13-14,16H,3-12H2,1-2H3. The molecule has 0 unspecified atom stereocenters. The summed E-state index contributed by atoms with van der Waals surface area (Å²) in [6.45, 7) is 5.73. The van der Waals surface area contributed by atoms with Gasteiger partial charge in [0.15, 0.2) is 0 Å². The Labute approximate surface area is 101 Å². The first-order chi connectivity index (χ1) is 7.83. The molecule has 0 aromatic rings. The maximum Gasteiger partial charge on any atom is 0.0558 e. The smallest absolute Gasteiger partial charge is 0.0558 e. The van der Waals surface area contributed by atoms with Gasteiger partial charge in [-0.2, -0.15) is 0 Å². The Morgan fingerprint density at radius 2 is 1.62 bits per heavy atom. The maximum atomic E-state index is 9.24. The van der Waals surface area contributed by atoms with Crippen LogP contribution in [0.25, 0.3) is 0 Å². The quantitative estimate of drug-likeness (QED) is 0.704. The van der Waals surface area contributed by atoms with Gasteiger partial charge in [-0.25, -0.2) is 0 Å². The molecule has 2 nitrogen and oxygen atoms in total. The number of aliphatic hydroxyl groups excluding tert-OH is 1. The first kappa shape index (κ1) is 14.0. The molecule has 0 atom stereocenters. The van der Waals surface area contributed by atoms with Crippen molar-refractivity contribution in [3.8, 4) is 0 Å². The summed E-state index contributed by atoms with van der Waals surface area (Å²) in [6, 6.07) is 1.41. The number of hydrogen-bond acceptors (Lipinski definition) is 2. The van der Waals surface area contributed by atoms with E-state index < -0.39 is 0 Å². The normalized spacial score (nSPS) is 19.3. The van der Waals surface area contributed by atoms with E-state index in [1.54, 1.807) is 0 Å². The highest BCUT2D eigenvalue weighted by atomic mass is 16.3. The van der Waals surface area contributed by atoms with Crippen molar-refractivity contribution < 1.29 is 5.11 Å². The zero-order chi connectivity index (χ0) is 11.8. The summed E-state index contributed by atoms with van der Waals surface area (Å²) in [5, 5.41) is 9.24. The van der Waals surface area contributed by atoms with Crippen LogP contribution in [0.15, 0.2) is 0 Å². The molecule has 0 aliphatic heterocycles. The Morgan fingerprint density at radius 3 is 2.06 bits per heavy atom. The van der Waals surface area contributed by atoms with Crippen molar-refractivity contribution in [2.75, 3.05) is 13.2 Å². The average Bonchev–Trinajstić information content (AvgIpc) is 2.58. The Kier molecular flexibility index (Phi) is 7.06. The maximum absolute atomic E-state index is 9.24. The van der Waals surface area contributed by atoms with Crippen molar-refractivity contribution in [1.29, 1.82) is 0 Å². The molecule has 16 heavy (non-hydrogen) atoms. The van der Waals surface area contributed by atoms with Crippen LogP contribution in [0.4, 0.5) is 0 Å². The number of nitrogens with zero attached hydrogens (tertiary/aromatic N) is 1. The van der Waals surface area contributed by atoms with Crippen molar-refractivity contribution in [3.05, 3.63) is 0 Å². The first-order valence-electron chi connectivity index (χ1n) is 7.20. The molecule has 1 rings (SSSR count). The third-order valence-electron chi connectivity index (χ3n) is 4.06. The average molecular weight is 227 g/mol. The van der Waals surface area contributed by atoms with Crippen molar-refractivity contribution in [3.63, 3.8) is 0 Å². The lowest BCUT2D eigenvalue weighted by Gasteiger charge is -2.37. The predicted molar refractivity (Wildman–Crippen MR) is 69.7 cm³/mol. The van der Waals surface area contributed by atoms with E-state index in [1.807, 2.05) is 0 Å². The molecule has 1 aliphatic rings. The molecule has 0 saturated heterocycles. The van der Waals surface area contributed by atoms with Crippen LogP contribution < -0.4 is 0 Å². The molecule has 0 amide bonds. The topological polar surface area (TPSA) is 23.5 Å². The molecule has 0 spiro atoms. The molecule has 1 saturated carbocycles. The summed E-state index contributed by atoms with van der Waals surface area (Å²) in [5.41, 5.74) is 0. The minimum atomic E-state index is 0.312. The molecule has 1 fully saturated rings. The summed E-state index contributed by atoms with van der Waals surface area (Å²) in [7, 11) is 0. The largest absolute Gasteiger partial charge is 0.395 e. The van der Waals surface area contributed by atoms with Gasteiger partial charge < -0.3 is 5.11 Å². The Balaban J connectivity index is 2.58. The molecule has 0 radical (unpaired) electrons. The summed E-state index contributed by atoms with van der Waals surface area (Å²) < 4.78 is 0. The fourth-order valence-electron chi connectivity index (χ4n) is 3.13. The van der Waals surface area contributed by atoms with Gasteiger partial charge in [-0.15, -0.1) is 0 Å². The Morgan fingerprint density at radius 1 is 1.06 bits per heavy atom. The molecule has 0 bridgehead atoms. The fraction of sp³-hybridized carbons (Fsp3) is 1.00. The van der Waals surface area contributed by atoms with Crippen LogP contribution in [0.2, 0.25) is 0 Å². The molecule has 96 valence electrons. The third kappa shape index (κ3) is 4.06. The lowest BCUT2D eigenvalue weighted by Crippen LogP contribution is -2.44. The minimum Gasteiger partial charge on any atom is -0.395 e. The van der Waals surface area contributed by atoms with E-state index in [2.05, 4.69) is 18.7 Å². The van der Waals surface area contributed by atoms with Gasteiger partial charge in [0.25, 0.3) is 0 Å². The monoisotopic (exact) mass is 227 g/mol.